The second-order valence-corrected chi connectivity index (χ2v) is 26.0. The molecule has 6 saturated heterocycles. The summed E-state index contributed by atoms with van der Waals surface area (Å²) in [5.41, 5.74) is 23.6. The zero-order chi connectivity index (χ0) is 55.5. The molecule has 18 nitrogen and oxygen atoms in total. The van der Waals surface area contributed by atoms with Crippen molar-refractivity contribution in [2.45, 2.75) is 101 Å². The third-order valence-electron chi connectivity index (χ3n) is 16.6. The molecule has 21 heteroatoms. The smallest absolute Gasteiger partial charge is 0.313 e. The number of ether oxygens (including phenoxy) is 2. The second kappa shape index (κ2) is 25.2. The van der Waals surface area contributed by atoms with Crippen LogP contribution in [0.1, 0.15) is 133 Å². The number of carbonyl (C=O) groups excluding carboxylic acids is 4. The summed E-state index contributed by atoms with van der Waals surface area (Å²) in [6, 6.07) is 16.3. The molecule has 6 aliphatic heterocycles. The van der Waals surface area contributed by atoms with Crippen LogP contribution in [-0.4, -0.2) is 143 Å². The third-order valence-corrected chi connectivity index (χ3v) is 19.6. The van der Waals surface area contributed by atoms with E-state index in [0.717, 1.165) is 128 Å². The van der Waals surface area contributed by atoms with Gasteiger partial charge >= 0.3 is 23.6 Å². The van der Waals surface area contributed by atoms with E-state index in [1.165, 1.54) is 25.6 Å². The van der Waals surface area contributed by atoms with Gasteiger partial charge in [0.1, 0.15) is 11.6 Å². The number of nitrogen functional groups attached to an aromatic ring is 2. The lowest BCUT2D eigenvalue weighted by Crippen LogP contribution is -2.46. The normalized spacial score (nSPS) is 22.7. The van der Waals surface area contributed by atoms with Crippen molar-refractivity contribution in [3.8, 4) is 0 Å². The number of nitrogens with zero attached hydrogens (tertiary/aromatic N) is 8. The first kappa shape index (κ1) is 56.8. The van der Waals surface area contributed by atoms with Crippen LogP contribution in [0.3, 0.4) is 0 Å². The van der Waals surface area contributed by atoms with Gasteiger partial charge in [-0.15, -0.1) is 22.7 Å². The summed E-state index contributed by atoms with van der Waals surface area (Å²) in [5.74, 6) is 0.806. The van der Waals surface area contributed by atoms with E-state index in [-0.39, 0.29) is 18.0 Å². The molecule has 4 amide bonds. The van der Waals surface area contributed by atoms with E-state index in [4.69, 9.17) is 36.6 Å². The highest BCUT2D eigenvalue weighted by atomic mass is 127. The number of anilines is 3. The Labute approximate surface area is 483 Å². The van der Waals surface area contributed by atoms with Crippen molar-refractivity contribution < 1.29 is 28.7 Å². The molecule has 10 heterocycles. The summed E-state index contributed by atoms with van der Waals surface area (Å²) in [6.07, 6.45) is 11.6. The predicted octanol–water partition coefficient (Wildman–Crippen LogP) is 8.41. The largest absolute Gasteiger partial charge is 0.383 e. The first-order valence-corrected chi connectivity index (χ1v) is 30.5. The number of benzene rings is 2. The fourth-order valence-electron chi connectivity index (χ4n) is 11.6. The van der Waals surface area contributed by atoms with Crippen LogP contribution in [0.25, 0.3) is 20.4 Å². The van der Waals surface area contributed by atoms with Gasteiger partial charge in [0.05, 0.1) is 80.8 Å². The molecule has 0 aliphatic carbocycles. The summed E-state index contributed by atoms with van der Waals surface area (Å²) in [5, 5.41) is 5.20. The van der Waals surface area contributed by atoms with Crippen molar-refractivity contribution in [1.82, 2.24) is 39.5 Å². The lowest BCUT2D eigenvalue weighted by molar-refractivity contribution is -0.147. The fraction of sp³-hybridized carbons (Fsp3) is 0.517. The first-order chi connectivity index (χ1) is 38.0. The van der Waals surface area contributed by atoms with Crippen molar-refractivity contribution in [3.05, 3.63) is 96.8 Å². The fourth-order valence-corrected chi connectivity index (χ4v) is 14.3. The average Bonchev–Trinajstić information content (AvgIpc) is 4.13. The SMILES string of the molecule is C[C@H]1CC[C@H](c2ccc3sc(C4CCN(C)CC4)nc3c2)N(C(=O)C(=O)Nc2cnc(N)c(C3COC3)c2)C1.C[C@H]1CC[C@H](c2ccc3sc(C4CCN(C)CC4)nc3c2)N(C(=O)C(N)=O)C1.Nc1ncc(I)cc1C1COC1. The lowest BCUT2D eigenvalue weighted by Gasteiger charge is -2.38. The summed E-state index contributed by atoms with van der Waals surface area (Å²) < 4.78 is 13.9. The number of carbonyl (C=O) groups is 4. The molecule has 0 saturated carbocycles. The summed E-state index contributed by atoms with van der Waals surface area (Å²) in [6.45, 7) is 12.5. The molecule has 0 spiro atoms. The number of hydrogen-bond donors (Lipinski definition) is 4. The lowest BCUT2D eigenvalue weighted by atomic mass is 9.89. The zero-order valence-corrected chi connectivity index (χ0v) is 49.4. The minimum Gasteiger partial charge on any atom is -0.383 e. The van der Waals surface area contributed by atoms with Crippen LogP contribution in [0.4, 0.5) is 17.3 Å². The van der Waals surface area contributed by atoms with Gasteiger partial charge in [0.25, 0.3) is 0 Å². The van der Waals surface area contributed by atoms with Crippen molar-refractivity contribution in [2.24, 2.45) is 17.6 Å². The van der Waals surface area contributed by atoms with Crippen LogP contribution in [0.15, 0.2) is 60.9 Å². The van der Waals surface area contributed by atoms with Gasteiger partial charge in [-0.05, 0) is 174 Å². The van der Waals surface area contributed by atoms with Crippen LogP contribution in [0.5, 0.6) is 0 Å². The van der Waals surface area contributed by atoms with E-state index >= 15 is 0 Å². The monoisotopic (exact) mass is 1220 g/mol. The minimum atomic E-state index is -0.876. The molecular weight excluding hydrogens is 1150 g/mol. The Bertz CT molecular complexity index is 3170. The Hall–Kier alpha value is -5.43. The molecule has 6 fully saturated rings. The van der Waals surface area contributed by atoms with Gasteiger partial charge < -0.3 is 51.6 Å². The van der Waals surface area contributed by atoms with E-state index in [9.17, 15) is 19.2 Å². The van der Waals surface area contributed by atoms with Gasteiger partial charge in [-0.25, -0.2) is 19.9 Å². The molecule has 0 unspecified atom stereocenters. The highest BCUT2D eigenvalue weighted by molar-refractivity contribution is 14.1. The van der Waals surface area contributed by atoms with Crippen molar-refractivity contribution in [3.63, 3.8) is 0 Å². The van der Waals surface area contributed by atoms with Crippen molar-refractivity contribution >= 4 is 107 Å². The number of thiazole rings is 2. The predicted molar refractivity (Wildman–Crippen MR) is 319 cm³/mol. The zero-order valence-electron chi connectivity index (χ0n) is 45.6. The summed E-state index contributed by atoms with van der Waals surface area (Å²) in [7, 11) is 4.35. The molecule has 0 radical (unpaired) electrons. The number of halogens is 1. The quantitative estimate of drug-likeness (QED) is 0.0867. The maximum absolute atomic E-state index is 13.5. The summed E-state index contributed by atoms with van der Waals surface area (Å²) in [4.78, 5) is 77.0. The number of rotatable bonds is 7. The Morgan fingerprint density at radius 3 is 1.52 bits per heavy atom. The number of hydrogen-bond acceptors (Lipinski definition) is 16. The van der Waals surface area contributed by atoms with Gasteiger partial charge in [-0.1, -0.05) is 26.0 Å². The molecule has 6 aliphatic rings. The number of likely N-dealkylation sites (tertiary alicyclic amines) is 4. The Kier molecular flexibility index (Phi) is 18.1. The van der Waals surface area contributed by atoms with Gasteiger partial charge in [-0.2, -0.15) is 0 Å². The van der Waals surface area contributed by atoms with Gasteiger partial charge in [0, 0.05) is 57.7 Å². The minimum absolute atomic E-state index is 0.103. The number of fused-ring (bicyclic) bond motifs is 2. The van der Waals surface area contributed by atoms with Crippen molar-refractivity contribution in [1.29, 1.82) is 0 Å². The number of pyridine rings is 2. The maximum atomic E-state index is 13.5. The van der Waals surface area contributed by atoms with Crippen molar-refractivity contribution in [2.75, 3.05) is 96.6 Å². The van der Waals surface area contributed by atoms with Crippen LogP contribution in [0.2, 0.25) is 0 Å². The number of primary amides is 1. The average molecular weight is 1230 g/mol. The molecule has 4 aromatic heterocycles. The van der Waals surface area contributed by atoms with Crippen LogP contribution < -0.4 is 22.5 Å². The molecule has 12 rings (SSSR count). The van der Waals surface area contributed by atoms with Gasteiger partial charge in [0.15, 0.2) is 0 Å². The Balaban J connectivity index is 0.000000152. The standard InChI is InChI=1S/C29H36N6O3S.C21H28N4O2S.C8H9IN2O/c1-17-3-5-24(19-4-6-25-23(11-19)33-28(39-25)18-7-9-34(2)10-8-18)35(14-17)29(37)27(36)32-21-12-22(20-15-38-16-20)26(30)31-13-21;1-13-3-5-17(25(12-13)21(27)19(22)26)15-4-6-18-16(11-15)23-20(28-18)14-7-9-24(2)10-8-14;9-6-1-7(5-3-12-4-5)8(10)11-2-6/h4,6,11-13,17-18,20,24H,3,5,7-10,14-16H2,1-2H3,(H2,30,31)(H,32,36);4,6,11,13-14,17H,3,5,7-10,12H2,1-2H3,(H2,22,26);1-2,5H,3-4H2,(H2,10,11)/t17-,24+;13-,17+;/m00./s1. The molecule has 79 heavy (non-hydrogen) atoms. The number of aromatic nitrogens is 4. The molecule has 420 valence electrons. The third kappa shape index (κ3) is 13.3. The van der Waals surface area contributed by atoms with Gasteiger partial charge in [0.2, 0.25) is 0 Å². The number of nitrogens with one attached hydrogen (secondary N) is 1. The van der Waals surface area contributed by atoms with E-state index in [0.29, 0.717) is 73.2 Å². The molecule has 6 aromatic rings. The molecule has 4 atom stereocenters. The highest BCUT2D eigenvalue weighted by Crippen LogP contribution is 2.41. The van der Waals surface area contributed by atoms with Gasteiger partial charge in [-0.3, -0.25) is 19.2 Å². The van der Waals surface area contributed by atoms with Crippen LogP contribution >= 0.6 is 45.3 Å². The van der Waals surface area contributed by atoms with E-state index in [1.54, 1.807) is 44.7 Å². The Morgan fingerprint density at radius 1 is 0.608 bits per heavy atom. The molecular formula is C58H73IN12O6S2. The van der Waals surface area contributed by atoms with E-state index in [1.807, 2.05) is 0 Å². The Morgan fingerprint density at radius 2 is 1.06 bits per heavy atom. The van der Waals surface area contributed by atoms with E-state index < -0.39 is 23.6 Å². The summed E-state index contributed by atoms with van der Waals surface area (Å²) >= 11 is 5.81. The van der Waals surface area contributed by atoms with Crippen LogP contribution in [-0.2, 0) is 28.7 Å². The first-order valence-electron chi connectivity index (χ1n) is 27.8. The van der Waals surface area contributed by atoms with Crippen LogP contribution in [0, 0.1) is 15.4 Å². The highest BCUT2D eigenvalue weighted by Gasteiger charge is 2.37. The number of amides is 4. The molecule has 7 N–H and O–H groups in total. The maximum Gasteiger partial charge on any atom is 0.313 e. The van der Waals surface area contributed by atoms with E-state index in [2.05, 4.69) is 118 Å². The number of piperidine rings is 4. The molecule has 2 aromatic carbocycles. The topological polar surface area (TPSA) is 241 Å². The molecule has 0 bridgehead atoms. The number of nitrogens with two attached hydrogens (primary N) is 3. The second-order valence-electron chi connectivity index (χ2n) is 22.6.